The third-order valence-electron chi connectivity index (χ3n) is 4.32. The number of carbonyl (C=O) groups excluding carboxylic acids is 2. The van der Waals surface area contributed by atoms with E-state index in [2.05, 4.69) is 0 Å². The number of fused-ring (bicyclic) bond motifs is 1. The number of hydrogen-bond donors (Lipinski definition) is 0. The van der Waals surface area contributed by atoms with Gasteiger partial charge >= 0.3 is 5.97 Å². The van der Waals surface area contributed by atoms with Gasteiger partial charge in [0.2, 0.25) is 5.78 Å². The molecule has 4 rings (SSSR count). The van der Waals surface area contributed by atoms with Gasteiger partial charge in [-0.25, -0.2) is 4.79 Å². The van der Waals surface area contributed by atoms with Gasteiger partial charge < -0.3 is 9.47 Å². The molecule has 0 spiro atoms. The molecule has 1 aliphatic heterocycles. The maximum absolute atomic E-state index is 12.6. The normalized spacial score (nSPS) is 14.1. The van der Waals surface area contributed by atoms with Crippen LogP contribution in [0.5, 0.6) is 11.5 Å². The van der Waals surface area contributed by atoms with Crippen LogP contribution in [0, 0.1) is 0 Å². The summed E-state index contributed by atoms with van der Waals surface area (Å²) in [6.07, 6.45) is 4.55. The molecule has 0 aliphatic carbocycles. The summed E-state index contributed by atoms with van der Waals surface area (Å²) in [7, 11) is 0. The van der Waals surface area contributed by atoms with Crippen LogP contribution in [0.2, 0.25) is 10.0 Å². The number of ketones is 1. The quantitative estimate of drug-likeness (QED) is 0.276. The van der Waals surface area contributed by atoms with Crippen molar-refractivity contribution in [2.24, 2.45) is 0 Å². The molecule has 0 bridgehead atoms. The molecule has 0 radical (unpaired) electrons. The number of allylic oxidation sites excluding steroid dienone is 1. The highest BCUT2D eigenvalue weighted by molar-refractivity contribution is 6.35. The van der Waals surface area contributed by atoms with E-state index in [0.717, 1.165) is 5.56 Å². The first-order valence-electron chi connectivity index (χ1n) is 8.98. The SMILES string of the molecule is O=C(/C=C/c1ccccc1)Oc1ccc2c(c1)O/C(=C\c1ccc(Cl)cc1Cl)C2=O. The lowest BCUT2D eigenvalue weighted by Gasteiger charge is -2.03. The lowest BCUT2D eigenvalue weighted by molar-refractivity contribution is -0.128. The van der Waals surface area contributed by atoms with Gasteiger partial charge in [0.15, 0.2) is 5.76 Å². The van der Waals surface area contributed by atoms with Crippen molar-refractivity contribution in [2.75, 3.05) is 0 Å². The van der Waals surface area contributed by atoms with E-state index in [1.165, 1.54) is 12.1 Å². The molecule has 0 N–H and O–H groups in total. The van der Waals surface area contributed by atoms with Gasteiger partial charge in [0.25, 0.3) is 0 Å². The molecule has 0 amide bonds. The summed E-state index contributed by atoms with van der Waals surface area (Å²) in [6.45, 7) is 0. The smallest absolute Gasteiger partial charge is 0.336 e. The van der Waals surface area contributed by atoms with Crippen molar-refractivity contribution >= 4 is 47.1 Å². The van der Waals surface area contributed by atoms with E-state index in [1.807, 2.05) is 30.3 Å². The number of benzene rings is 3. The van der Waals surface area contributed by atoms with E-state index in [4.69, 9.17) is 32.7 Å². The number of carbonyl (C=O) groups is 2. The van der Waals surface area contributed by atoms with Crippen molar-refractivity contribution in [3.05, 3.63) is 105 Å². The van der Waals surface area contributed by atoms with Crippen LogP contribution >= 0.6 is 23.2 Å². The van der Waals surface area contributed by atoms with Gasteiger partial charge in [-0.05, 0) is 47.5 Å². The third kappa shape index (κ3) is 4.46. The van der Waals surface area contributed by atoms with Crippen LogP contribution in [-0.4, -0.2) is 11.8 Å². The first-order chi connectivity index (χ1) is 14.5. The van der Waals surface area contributed by atoms with Gasteiger partial charge in [0, 0.05) is 22.2 Å². The molecule has 148 valence electrons. The van der Waals surface area contributed by atoms with E-state index in [-0.39, 0.29) is 17.3 Å². The topological polar surface area (TPSA) is 52.6 Å². The van der Waals surface area contributed by atoms with Crippen molar-refractivity contribution in [1.29, 1.82) is 0 Å². The molecule has 4 nitrogen and oxygen atoms in total. The first-order valence-corrected chi connectivity index (χ1v) is 9.73. The summed E-state index contributed by atoms with van der Waals surface area (Å²) in [4.78, 5) is 24.7. The molecule has 0 saturated carbocycles. The van der Waals surface area contributed by atoms with Crippen LogP contribution in [0.1, 0.15) is 21.5 Å². The fourth-order valence-corrected chi connectivity index (χ4v) is 3.33. The summed E-state index contributed by atoms with van der Waals surface area (Å²) in [5, 5.41) is 0.902. The largest absolute Gasteiger partial charge is 0.452 e. The fraction of sp³-hybridized carbons (Fsp3) is 0. The summed E-state index contributed by atoms with van der Waals surface area (Å²) in [6, 6.07) is 19.0. The molecular weight excluding hydrogens is 423 g/mol. The van der Waals surface area contributed by atoms with Crippen LogP contribution < -0.4 is 9.47 Å². The molecule has 1 aliphatic rings. The predicted molar refractivity (Wildman–Crippen MR) is 117 cm³/mol. The van der Waals surface area contributed by atoms with Crippen molar-refractivity contribution in [3.8, 4) is 11.5 Å². The Morgan fingerprint density at radius 1 is 0.967 bits per heavy atom. The minimum Gasteiger partial charge on any atom is -0.452 e. The van der Waals surface area contributed by atoms with Crippen molar-refractivity contribution in [2.45, 2.75) is 0 Å². The Morgan fingerprint density at radius 3 is 2.53 bits per heavy atom. The van der Waals surface area contributed by atoms with Crippen LogP contribution in [-0.2, 0) is 4.79 Å². The molecular formula is C24H14Cl2O4. The van der Waals surface area contributed by atoms with Gasteiger partial charge in [0.05, 0.1) is 5.56 Å². The van der Waals surface area contributed by atoms with Crippen molar-refractivity contribution in [3.63, 3.8) is 0 Å². The Hall–Kier alpha value is -3.34. The van der Waals surface area contributed by atoms with E-state index >= 15 is 0 Å². The van der Waals surface area contributed by atoms with Crippen LogP contribution in [0.3, 0.4) is 0 Å². The molecule has 1 heterocycles. The predicted octanol–water partition coefficient (Wildman–Crippen LogP) is 6.23. The highest BCUT2D eigenvalue weighted by Gasteiger charge is 2.28. The minimum absolute atomic E-state index is 0.127. The molecule has 0 unspecified atom stereocenters. The summed E-state index contributed by atoms with van der Waals surface area (Å²) >= 11 is 12.1. The highest BCUT2D eigenvalue weighted by atomic mass is 35.5. The monoisotopic (exact) mass is 436 g/mol. The second-order valence-corrected chi connectivity index (χ2v) is 7.27. The maximum Gasteiger partial charge on any atom is 0.336 e. The van der Waals surface area contributed by atoms with Crippen LogP contribution in [0.15, 0.2) is 78.6 Å². The lowest BCUT2D eigenvalue weighted by atomic mass is 10.1. The van der Waals surface area contributed by atoms with Gasteiger partial charge in [-0.15, -0.1) is 0 Å². The van der Waals surface area contributed by atoms with Gasteiger partial charge in [-0.1, -0.05) is 59.6 Å². The second-order valence-electron chi connectivity index (χ2n) is 6.43. The van der Waals surface area contributed by atoms with E-state index in [9.17, 15) is 9.59 Å². The van der Waals surface area contributed by atoms with Crippen LogP contribution in [0.4, 0.5) is 0 Å². The molecule has 0 atom stereocenters. The number of Topliss-reactive ketones (excluding diaryl/α,β-unsaturated/α-hetero) is 1. The molecule has 0 fully saturated rings. The molecule has 0 saturated heterocycles. The summed E-state index contributed by atoms with van der Waals surface area (Å²) < 4.78 is 11.0. The average molecular weight is 437 g/mol. The Morgan fingerprint density at radius 2 is 1.77 bits per heavy atom. The van der Waals surface area contributed by atoms with Crippen molar-refractivity contribution < 1.29 is 19.1 Å². The molecule has 3 aromatic rings. The van der Waals surface area contributed by atoms with E-state index in [0.29, 0.717) is 26.9 Å². The summed E-state index contributed by atoms with van der Waals surface area (Å²) in [5.74, 6) is -0.102. The highest BCUT2D eigenvalue weighted by Crippen LogP contribution is 2.35. The maximum atomic E-state index is 12.6. The van der Waals surface area contributed by atoms with Gasteiger partial charge in [0.1, 0.15) is 11.5 Å². The van der Waals surface area contributed by atoms with Crippen molar-refractivity contribution in [1.82, 2.24) is 0 Å². The molecule has 6 heteroatoms. The number of halogens is 2. The van der Waals surface area contributed by atoms with Gasteiger partial charge in [-0.2, -0.15) is 0 Å². The number of hydrogen-bond acceptors (Lipinski definition) is 4. The molecule has 0 aromatic heterocycles. The Bertz CT molecular complexity index is 1200. The zero-order chi connectivity index (χ0) is 21.1. The average Bonchev–Trinajstić information content (AvgIpc) is 3.04. The number of rotatable bonds is 4. The van der Waals surface area contributed by atoms with Gasteiger partial charge in [-0.3, -0.25) is 4.79 Å². The zero-order valence-corrected chi connectivity index (χ0v) is 17.0. The summed E-state index contributed by atoms with van der Waals surface area (Å²) in [5.41, 5.74) is 1.87. The zero-order valence-electron chi connectivity index (χ0n) is 15.5. The third-order valence-corrected chi connectivity index (χ3v) is 4.88. The fourth-order valence-electron chi connectivity index (χ4n) is 2.87. The Balaban J connectivity index is 1.50. The number of ether oxygens (including phenoxy) is 2. The molecule has 30 heavy (non-hydrogen) atoms. The van der Waals surface area contributed by atoms with Crippen LogP contribution in [0.25, 0.3) is 12.2 Å². The standard InChI is InChI=1S/C24H14Cl2O4/c25-17-8-7-16(20(26)13-17)12-22-24(28)19-10-9-18(14-21(19)30-22)29-23(27)11-6-15-4-2-1-3-5-15/h1-14H/b11-6+,22-12-. The second kappa shape index (κ2) is 8.57. The van der Waals surface area contributed by atoms with E-state index < -0.39 is 5.97 Å². The van der Waals surface area contributed by atoms with E-state index in [1.54, 1.807) is 42.5 Å². The minimum atomic E-state index is -0.535. The molecule has 3 aromatic carbocycles. The first kappa shape index (κ1) is 20.0. The number of esters is 1. The Kier molecular flexibility index (Phi) is 5.70. The lowest BCUT2D eigenvalue weighted by Crippen LogP contribution is -2.03. The Labute approximate surface area is 183 Å².